The SMILES string of the molecule is CCC(CC(=O)OC)NC(=O)C(C)Oc1ccccc1C(C)C. The van der Waals surface area contributed by atoms with Crippen LogP contribution in [0.5, 0.6) is 5.75 Å². The summed E-state index contributed by atoms with van der Waals surface area (Å²) in [5.41, 5.74) is 1.06. The predicted octanol–water partition coefficient (Wildman–Crippen LogP) is 3.04. The van der Waals surface area contributed by atoms with Crippen LogP contribution in [0, 0.1) is 0 Å². The third-order valence-corrected chi connectivity index (χ3v) is 3.69. The monoisotopic (exact) mass is 321 g/mol. The van der Waals surface area contributed by atoms with E-state index in [9.17, 15) is 9.59 Å². The van der Waals surface area contributed by atoms with E-state index < -0.39 is 6.10 Å². The molecule has 0 aromatic heterocycles. The fourth-order valence-electron chi connectivity index (χ4n) is 2.21. The van der Waals surface area contributed by atoms with E-state index in [1.165, 1.54) is 7.11 Å². The number of nitrogens with one attached hydrogen (secondary N) is 1. The third kappa shape index (κ3) is 5.93. The van der Waals surface area contributed by atoms with Crippen molar-refractivity contribution in [3.05, 3.63) is 29.8 Å². The molecule has 1 amide bonds. The maximum Gasteiger partial charge on any atom is 0.307 e. The van der Waals surface area contributed by atoms with Gasteiger partial charge in [0.15, 0.2) is 6.10 Å². The summed E-state index contributed by atoms with van der Waals surface area (Å²) in [5.74, 6) is 0.450. The van der Waals surface area contributed by atoms with Crippen LogP contribution in [0.15, 0.2) is 24.3 Å². The fraction of sp³-hybridized carbons (Fsp3) is 0.556. The van der Waals surface area contributed by atoms with Gasteiger partial charge in [-0.15, -0.1) is 0 Å². The Balaban J connectivity index is 2.68. The Labute approximate surface area is 138 Å². The van der Waals surface area contributed by atoms with Gasteiger partial charge in [-0.05, 0) is 30.9 Å². The summed E-state index contributed by atoms with van der Waals surface area (Å²) in [6.07, 6.45) is 0.172. The van der Waals surface area contributed by atoms with E-state index in [1.807, 2.05) is 31.2 Å². The van der Waals surface area contributed by atoms with Crippen molar-refractivity contribution in [3.8, 4) is 5.75 Å². The Hall–Kier alpha value is -2.04. The molecule has 0 saturated heterocycles. The number of rotatable bonds is 8. The van der Waals surface area contributed by atoms with Gasteiger partial charge in [-0.25, -0.2) is 0 Å². The van der Waals surface area contributed by atoms with Crippen molar-refractivity contribution < 1.29 is 19.1 Å². The van der Waals surface area contributed by atoms with Gasteiger partial charge in [-0.2, -0.15) is 0 Å². The van der Waals surface area contributed by atoms with Crippen molar-refractivity contribution in [2.75, 3.05) is 7.11 Å². The van der Waals surface area contributed by atoms with Gasteiger partial charge in [0.1, 0.15) is 5.75 Å². The molecule has 0 fully saturated rings. The van der Waals surface area contributed by atoms with Gasteiger partial charge in [0.05, 0.1) is 13.5 Å². The van der Waals surface area contributed by atoms with E-state index >= 15 is 0 Å². The Morgan fingerprint density at radius 3 is 2.39 bits per heavy atom. The van der Waals surface area contributed by atoms with Crippen molar-refractivity contribution in [2.45, 2.75) is 58.6 Å². The second-order valence-corrected chi connectivity index (χ2v) is 5.85. The second kappa shape index (κ2) is 9.18. The van der Waals surface area contributed by atoms with Crippen LogP contribution >= 0.6 is 0 Å². The molecule has 23 heavy (non-hydrogen) atoms. The van der Waals surface area contributed by atoms with Gasteiger partial charge < -0.3 is 14.8 Å². The molecule has 0 bridgehead atoms. The van der Waals surface area contributed by atoms with Crippen molar-refractivity contribution in [3.63, 3.8) is 0 Å². The molecule has 1 aromatic rings. The highest BCUT2D eigenvalue weighted by Crippen LogP contribution is 2.26. The molecule has 2 unspecified atom stereocenters. The standard InChI is InChI=1S/C18H27NO4/c1-6-14(11-17(20)22-5)19-18(21)13(4)23-16-10-8-7-9-15(16)12(2)3/h7-10,12-14H,6,11H2,1-5H3,(H,19,21). The molecule has 2 atom stereocenters. The molecule has 0 aliphatic rings. The van der Waals surface area contributed by atoms with Crippen molar-refractivity contribution >= 4 is 11.9 Å². The summed E-state index contributed by atoms with van der Waals surface area (Å²) >= 11 is 0. The van der Waals surface area contributed by atoms with Crippen molar-refractivity contribution in [1.29, 1.82) is 0 Å². The number of para-hydroxylation sites is 1. The van der Waals surface area contributed by atoms with Gasteiger partial charge in [0.2, 0.25) is 0 Å². The molecule has 0 aliphatic carbocycles. The maximum absolute atomic E-state index is 12.3. The molecular weight excluding hydrogens is 294 g/mol. The first-order valence-corrected chi connectivity index (χ1v) is 8.01. The zero-order valence-corrected chi connectivity index (χ0v) is 14.6. The van der Waals surface area contributed by atoms with E-state index in [2.05, 4.69) is 23.9 Å². The van der Waals surface area contributed by atoms with Crippen LogP contribution in [0.3, 0.4) is 0 Å². The average molecular weight is 321 g/mol. The van der Waals surface area contributed by atoms with Gasteiger partial charge in [-0.1, -0.05) is 39.0 Å². The molecule has 0 aliphatic heterocycles. The van der Waals surface area contributed by atoms with E-state index in [0.717, 1.165) is 5.56 Å². The number of carbonyl (C=O) groups excluding carboxylic acids is 2. The molecule has 0 spiro atoms. The van der Waals surface area contributed by atoms with E-state index in [0.29, 0.717) is 18.1 Å². The highest BCUT2D eigenvalue weighted by Gasteiger charge is 2.21. The van der Waals surface area contributed by atoms with E-state index in [1.54, 1.807) is 6.92 Å². The fourth-order valence-corrected chi connectivity index (χ4v) is 2.21. The number of carbonyl (C=O) groups is 2. The lowest BCUT2D eigenvalue weighted by molar-refractivity contribution is -0.141. The number of amides is 1. The maximum atomic E-state index is 12.3. The number of hydrogen-bond acceptors (Lipinski definition) is 4. The first kappa shape index (κ1) is 19.0. The Kier molecular flexibility index (Phi) is 7.59. The molecule has 1 aromatic carbocycles. The van der Waals surface area contributed by atoms with Crippen LogP contribution in [-0.2, 0) is 14.3 Å². The minimum Gasteiger partial charge on any atom is -0.481 e. The Morgan fingerprint density at radius 2 is 1.83 bits per heavy atom. The lowest BCUT2D eigenvalue weighted by atomic mass is 10.0. The minimum atomic E-state index is -0.637. The van der Waals surface area contributed by atoms with Crippen LogP contribution in [0.25, 0.3) is 0 Å². The molecule has 0 heterocycles. The second-order valence-electron chi connectivity index (χ2n) is 5.85. The van der Waals surface area contributed by atoms with Crippen LogP contribution in [-0.4, -0.2) is 31.1 Å². The first-order valence-electron chi connectivity index (χ1n) is 8.01. The van der Waals surface area contributed by atoms with Crippen LogP contribution in [0.4, 0.5) is 0 Å². The molecule has 128 valence electrons. The van der Waals surface area contributed by atoms with Gasteiger partial charge in [0.25, 0.3) is 5.91 Å². The molecule has 1 N–H and O–H groups in total. The molecule has 1 rings (SSSR count). The van der Waals surface area contributed by atoms with Crippen molar-refractivity contribution in [2.24, 2.45) is 0 Å². The minimum absolute atomic E-state index is 0.161. The number of ether oxygens (including phenoxy) is 2. The summed E-state index contributed by atoms with van der Waals surface area (Å²) in [6, 6.07) is 7.46. The first-order chi connectivity index (χ1) is 10.9. The number of hydrogen-bond donors (Lipinski definition) is 1. The molecular formula is C18H27NO4. The highest BCUT2D eigenvalue weighted by atomic mass is 16.5. The number of methoxy groups -OCH3 is 1. The summed E-state index contributed by atoms with van der Waals surface area (Å²) in [7, 11) is 1.34. The van der Waals surface area contributed by atoms with Gasteiger partial charge >= 0.3 is 5.97 Å². The van der Waals surface area contributed by atoms with E-state index in [-0.39, 0.29) is 24.3 Å². The molecule has 0 radical (unpaired) electrons. The zero-order chi connectivity index (χ0) is 17.4. The third-order valence-electron chi connectivity index (χ3n) is 3.69. The average Bonchev–Trinajstić information content (AvgIpc) is 2.53. The summed E-state index contributed by atoms with van der Waals surface area (Å²) in [5, 5.41) is 2.84. The van der Waals surface area contributed by atoms with Crippen LogP contribution < -0.4 is 10.1 Å². The van der Waals surface area contributed by atoms with Crippen LogP contribution in [0.1, 0.15) is 52.0 Å². The topological polar surface area (TPSA) is 64.6 Å². The van der Waals surface area contributed by atoms with Crippen LogP contribution in [0.2, 0.25) is 0 Å². The van der Waals surface area contributed by atoms with Crippen molar-refractivity contribution in [1.82, 2.24) is 5.32 Å². The normalized spacial score (nSPS) is 13.3. The molecule has 0 saturated carbocycles. The number of esters is 1. The largest absolute Gasteiger partial charge is 0.481 e. The number of benzene rings is 1. The Bertz CT molecular complexity index is 528. The lowest BCUT2D eigenvalue weighted by Crippen LogP contribution is -2.43. The Morgan fingerprint density at radius 1 is 1.17 bits per heavy atom. The predicted molar refractivity (Wildman–Crippen MR) is 89.5 cm³/mol. The van der Waals surface area contributed by atoms with E-state index in [4.69, 9.17) is 4.74 Å². The summed E-state index contributed by atoms with van der Waals surface area (Å²) < 4.78 is 10.5. The molecule has 5 heteroatoms. The summed E-state index contributed by atoms with van der Waals surface area (Å²) in [4.78, 5) is 23.6. The lowest BCUT2D eigenvalue weighted by Gasteiger charge is -2.21. The van der Waals surface area contributed by atoms with Gasteiger partial charge in [0, 0.05) is 6.04 Å². The highest BCUT2D eigenvalue weighted by molar-refractivity contribution is 5.81. The quantitative estimate of drug-likeness (QED) is 0.748. The molecule has 5 nitrogen and oxygen atoms in total. The summed E-state index contributed by atoms with van der Waals surface area (Å²) in [6.45, 7) is 7.78. The smallest absolute Gasteiger partial charge is 0.307 e. The van der Waals surface area contributed by atoms with Gasteiger partial charge in [-0.3, -0.25) is 9.59 Å². The zero-order valence-electron chi connectivity index (χ0n) is 14.6.